The molecule has 0 bridgehead atoms. The number of nitrogens with zero attached hydrogens (tertiary/aromatic N) is 1. The summed E-state index contributed by atoms with van der Waals surface area (Å²) in [6.07, 6.45) is 2.77. The van der Waals surface area contributed by atoms with E-state index in [9.17, 15) is 9.18 Å². The van der Waals surface area contributed by atoms with Crippen LogP contribution in [-0.2, 0) is 11.3 Å². The van der Waals surface area contributed by atoms with Gasteiger partial charge in [-0.25, -0.2) is 4.79 Å². The number of rotatable bonds is 3. The van der Waals surface area contributed by atoms with Crippen molar-refractivity contribution in [3.8, 4) is 0 Å². The van der Waals surface area contributed by atoms with E-state index in [2.05, 4.69) is 0 Å². The van der Waals surface area contributed by atoms with Crippen LogP contribution in [0.1, 0.15) is 12.6 Å². The van der Waals surface area contributed by atoms with Crippen LogP contribution in [0.15, 0.2) is 24.2 Å². The van der Waals surface area contributed by atoms with Gasteiger partial charge in [0.2, 0.25) is 5.83 Å². The van der Waals surface area contributed by atoms with E-state index in [1.165, 1.54) is 0 Å². The maximum absolute atomic E-state index is 12.7. The predicted octanol–water partition coefficient (Wildman–Crippen LogP) is 1.90. The smallest absolute Gasteiger partial charge is 0.364 e. The number of aromatic nitrogens is 1. The molecule has 13 heavy (non-hydrogen) atoms. The van der Waals surface area contributed by atoms with Gasteiger partial charge in [0.25, 0.3) is 0 Å². The Morgan fingerprint density at radius 3 is 3.00 bits per heavy atom. The van der Waals surface area contributed by atoms with Gasteiger partial charge >= 0.3 is 5.97 Å². The monoisotopic (exact) mass is 183 g/mol. The van der Waals surface area contributed by atoms with Gasteiger partial charge in [-0.1, -0.05) is 0 Å². The topological polar surface area (TPSA) is 42.2 Å². The van der Waals surface area contributed by atoms with Gasteiger partial charge in [0.1, 0.15) is 0 Å². The van der Waals surface area contributed by atoms with Crippen molar-refractivity contribution >= 4 is 12.0 Å². The maximum Gasteiger partial charge on any atom is 0.364 e. The van der Waals surface area contributed by atoms with E-state index >= 15 is 0 Å². The normalized spacial score (nSPS) is 11.7. The summed E-state index contributed by atoms with van der Waals surface area (Å²) < 4.78 is 14.4. The second-order valence-electron chi connectivity index (χ2n) is 2.52. The average Bonchev–Trinajstić information content (AvgIpc) is 2.51. The molecular formula is C9H10FNO2. The van der Waals surface area contributed by atoms with Crippen LogP contribution in [0, 0.1) is 0 Å². The Morgan fingerprint density at radius 1 is 1.77 bits per heavy atom. The Hall–Kier alpha value is -1.58. The molecule has 0 aliphatic carbocycles. The van der Waals surface area contributed by atoms with E-state index in [1.807, 2.05) is 6.92 Å². The third kappa shape index (κ3) is 2.18. The zero-order valence-electron chi connectivity index (χ0n) is 7.20. The first-order valence-corrected chi connectivity index (χ1v) is 3.90. The standard InChI is InChI=1S/C9H10FNO2/c1-2-11-5-3-4-7(11)6-8(10)9(12)13/h3-6H,2H2,1H3,(H,12,13). The van der Waals surface area contributed by atoms with Crippen molar-refractivity contribution in [2.45, 2.75) is 13.5 Å². The van der Waals surface area contributed by atoms with E-state index in [0.717, 1.165) is 6.08 Å². The summed E-state index contributed by atoms with van der Waals surface area (Å²) in [4.78, 5) is 10.2. The van der Waals surface area contributed by atoms with Crippen LogP contribution in [0.25, 0.3) is 6.08 Å². The van der Waals surface area contributed by atoms with Crippen LogP contribution in [0.3, 0.4) is 0 Å². The number of hydrogen-bond acceptors (Lipinski definition) is 1. The highest BCUT2D eigenvalue weighted by atomic mass is 19.1. The summed E-state index contributed by atoms with van der Waals surface area (Å²) >= 11 is 0. The summed E-state index contributed by atoms with van der Waals surface area (Å²) in [5, 5.41) is 8.29. The second-order valence-corrected chi connectivity index (χ2v) is 2.52. The van der Waals surface area contributed by atoms with Gasteiger partial charge in [-0.15, -0.1) is 0 Å². The minimum Gasteiger partial charge on any atom is -0.476 e. The molecule has 4 heteroatoms. The molecule has 3 nitrogen and oxygen atoms in total. The Balaban J connectivity index is 2.96. The summed E-state index contributed by atoms with van der Waals surface area (Å²) in [5.74, 6) is -2.68. The van der Waals surface area contributed by atoms with Gasteiger partial charge in [-0.2, -0.15) is 4.39 Å². The van der Waals surface area contributed by atoms with Crippen LogP contribution in [0.4, 0.5) is 4.39 Å². The van der Waals surface area contributed by atoms with Crippen molar-refractivity contribution in [1.82, 2.24) is 4.57 Å². The van der Waals surface area contributed by atoms with Crippen molar-refractivity contribution in [2.24, 2.45) is 0 Å². The summed E-state index contributed by atoms with van der Waals surface area (Å²) in [6.45, 7) is 2.59. The average molecular weight is 183 g/mol. The lowest BCUT2D eigenvalue weighted by Crippen LogP contribution is -1.98. The van der Waals surface area contributed by atoms with E-state index in [0.29, 0.717) is 12.2 Å². The third-order valence-corrected chi connectivity index (χ3v) is 1.68. The van der Waals surface area contributed by atoms with Crippen LogP contribution in [0.5, 0.6) is 0 Å². The summed E-state index contributed by atoms with van der Waals surface area (Å²) in [5.41, 5.74) is 0.558. The Kier molecular flexibility index (Phi) is 2.84. The summed E-state index contributed by atoms with van der Waals surface area (Å²) in [7, 11) is 0. The van der Waals surface area contributed by atoms with E-state index in [4.69, 9.17) is 5.11 Å². The molecule has 0 radical (unpaired) electrons. The molecule has 0 spiro atoms. The lowest BCUT2D eigenvalue weighted by Gasteiger charge is -2.00. The molecule has 70 valence electrons. The fraction of sp³-hybridized carbons (Fsp3) is 0.222. The molecule has 1 N–H and O–H groups in total. The van der Waals surface area contributed by atoms with Crippen molar-refractivity contribution < 1.29 is 14.3 Å². The SMILES string of the molecule is CCn1cccc1C=C(F)C(=O)O. The van der Waals surface area contributed by atoms with Crippen LogP contribution < -0.4 is 0 Å². The van der Waals surface area contributed by atoms with Gasteiger partial charge in [0.15, 0.2) is 0 Å². The van der Waals surface area contributed by atoms with Gasteiger partial charge < -0.3 is 9.67 Å². The van der Waals surface area contributed by atoms with Gasteiger partial charge in [0.05, 0.1) is 0 Å². The number of carboxylic acids is 1. The zero-order valence-corrected chi connectivity index (χ0v) is 7.20. The molecule has 0 aliphatic rings. The molecular weight excluding hydrogens is 173 g/mol. The minimum atomic E-state index is -1.54. The van der Waals surface area contributed by atoms with E-state index < -0.39 is 11.8 Å². The zero-order chi connectivity index (χ0) is 9.84. The minimum absolute atomic E-state index is 0.558. The number of hydrogen-bond donors (Lipinski definition) is 1. The van der Waals surface area contributed by atoms with E-state index in [-0.39, 0.29) is 0 Å². The molecule has 1 rings (SSSR count). The first-order chi connectivity index (χ1) is 6.15. The van der Waals surface area contributed by atoms with Crippen molar-refractivity contribution in [3.63, 3.8) is 0 Å². The number of aliphatic carboxylic acids is 1. The third-order valence-electron chi connectivity index (χ3n) is 1.68. The van der Waals surface area contributed by atoms with Crippen LogP contribution in [0.2, 0.25) is 0 Å². The van der Waals surface area contributed by atoms with Gasteiger partial charge in [-0.3, -0.25) is 0 Å². The number of carbonyl (C=O) groups is 1. The first kappa shape index (κ1) is 9.51. The highest BCUT2D eigenvalue weighted by molar-refractivity contribution is 5.89. The van der Waals surface area contributed by atoms with Gasteiger partial charge in [0, 0.05) is 24.5 Å². The molecule has 0 saturated carbocycles. The largest absolute Gasteiger partial charge is 0.476 e. The Labute approximate surface area is 75.1 Å². The van der Waals surface area contributed by atoms with Crippen LogP contribution in [-0.4, -0.2) is 15.6 Å². The number of halogens is 1. The molecule has 0 fully saturated rings. The van der Waals surface area contributed by atoms with Crippen molar-refractivity contribution in [3.05, 3.63) is 29.9 Å². The predicted molar refractivity (Wildman–Crippen MR) is 46.8 cm³/mol. The molecule has 0 aromatic carbocycles. The highest BCUT2D eigenvalue weighted by Crippen LogP contribution is 2.09. The Morgan fingerprint density at radius 2 is 2.46 bits per heavy atom. The quantitative estimate of drug-likeness (QED) is 0.727. The molecule has 1 aromatic rings. The van der Waals surface area contributed by atoms with E-state index in [1.54, 1.807) is 22.9 Å². The maximum atomic E-state index is 12.7. The molecule has 0 atom stereocenters. The molecule has 0 saturated heterocycles. The number of aryl methyl sites for hydroxylation is 1. The number of carboxylic acid groups (broad SMARTS) is 1. The fourth-order valence-electron chi connectivity index (χ4n) is 1.04. The first-order valence-electron chi connectivity index (χ1n) is 3.90. The lowest BCUT2D eigenvalue weighted by molar-refractivity contribution is -0.134. The second kappa shape index (κ2) is 3.89. The van der Waals surface area contributed by atoms with Crippen molar-refractivity contribution in [2.75, 3.05) is 0 Å². The summed E-state index contributed by atoms with van der Waals surface area (Å²) in [6, 6.07) is 3.40. The van der Waals surface area contributed by atoms with Crippen molar-refractivity contribution in [1.29, 1.82) is 0 Å². The molecule has 0 unspecified atom stereocenters. The molecule has 1 aromatic heterocycles. The molecule has 0 amide bonds. The molecule has 0 aliphatic heterocycles. The molecule has 1 heterocycles. The Bertz CT molecular complexity index is 341. The fourth-order valence-corrected chi connectivity index (χ4v) is 1.04. The highest BCUT2D eigenvalue weighted by Gasteiger charge is 2.06. The van der Waals surface area contributed by atoms with Gasteiger partial charge in [-0.05, 0) is 19.1 Å². The van der Waals surface area contributed by atoms with Crippen LogP contribution >= 0.6 is 0 Å². The lowest BCUT2D eigenvalue weighted by atomic mass is 10.3.